The van der Waals surface area contributed by atoms with Crippen LogP contribution in [-0.2, 0) is 14.3 Å². The van der Waals surface area contributed by atoms with Crippen LogP contribution in [0.4, 0.5) is 10.5 Å². The summed E-state index contributed by atoms with van der Waals surface area (Å²) in [6, 6.07) is 3.81. The van der Waals surface area contributed by atoms with Crippen LogP contribution in [0.2, 0.25) is 0 Å². The monoisotopic (exact) mass is 352 g/mol. The van der Waals surface area contributed by atoms with Gasteiger partial charge in [0.1, 0.15) is 6.54 Å². The van der Waals surface area contributed by atoms with E-state index in [1.807, 2.05) is 0 Å². The number of amides is 2. The maximum Gasteiger partial charge on any atom is 0.326 e. The lowest BCUT2D eigenvalue weighted by Gasteiger charge is -2.10. The van der Waals surface area contributed by atoms with Crippen molar-refractivity contribution in [1.29, 1.82) is 0 Å². The lowest BCUT2D eigenvalue weighted by Crippen LogP contribution is -2.34. The van der Waals surface area contributed by atoms with Crippen LogP contribution >= 0.6 is 11.8 Å². The molecule has 0 atom stereocenters. The number of phenols is 1. The number of thioether (sulfide) groups is 1. The average molecular weight is 352 g/mol. The zero-order chi connectivity index (χ0) is 17.9. The summed E-state index contributed by atoms with van der Waals surface area (Å²) in [5.41, 5.74) is -0.500. The Bertz CT molecular complexity index is 759. The smallest absolute Gasteiger partial charge is 0.326 e. The van der Waals surface area contributed by atoms with Gasteiger partial charge in [0.15, 0.2) is 0 Å². The first-order chi connectivity index (χ1) is 11.3. The maximum absolute atomic E-state index is 12.2. The van der Waals surface area contributed by atoms with Crippen LogP contribution in [0.15, 0.2) is 23.1 Å². The Labute approximate surface area is 140 Å². The standard InChI is InChI=1S/C14H12N2O7S/c1-2-23-11(17)7-15-13(19)10(24-14(15)20)6-8-4-3-5-9(12(8)18)16(21)22/h3-6,18H,2,7H2,1H3. The molecule has 0 aliphatic carbocycles. The van der Waals surface area contributed by atoms with Crippen molar-refractivity contribution in [1.82, 2.24) is 4.90 Å². The molecule has 1 aromatic carbocycles. The summed E-state index contributed by atoms with van der Waals surface area (Å²) in [5, 5.41) is 20.0. The van der Waals surface area contributed by atoms with Gasteiger partial charge < -0.3 is 9.84 Å². The molecule has 0 unspecified atom stereocenters. The van der Waals surface area contributed by atoms with Gasteiger partial charge in [-0.2, -0.15) is 0 Å². The predicted octanol–water partition coefficient (Wildman–Crippen LogP) is 1.90. The van der Waals surface area contributed by atoms with Crippen molar-refractivity contribution in [2.45, 2.75) is 6.92 Å². The number of nitro groups is 1. The molecule has 1 heterocycles. The van der Waals surface area contributed by atoms with Crippen LogP contribution in [0.3, 0.4) is 0 Å². The molecule has 0 aromatic heterocycles. The molecule has 0 spiro atoms. The van der Waals surface area contributed by atoms with Crippen molar-refractivity contribution < 1.29 is 29.2 Å². The second-order valence-electron chi connectivity index (χ2n) is 4.54. The number of carbonyl (C=O) groups excluding carboxylic acids is 3. The highest BCUT2D eigenvalue weighted by molar-refractivity contribution is 8.18. The van der Waals surface area contributed by atoms with Crippen molar-refractivity contribution in [3.05, 3.63) is 38.8 Å². The molecule has 2 rings (SSSR count). The maximum atomic E-state index is 12.2. The molecule has 1 aromatic rings. The Hall–Kier alpha value is -2.88. The lowest BCUT2D eigenvalue weighted by atomic mass is 10.1. The van der Waals surface area contributed by atoms with Crippen molar-refractivity contribution in [2.75, 3.05) is 13.2 Å². The van der Waals surface area contributed by atoms with E-state index in [-0.39, 0.29) is 17.1 Å². The second kappa shape index (κ2) is 7.13. The zero-order valence-corrected chi connectivity index (χ0v) is 13.2. The average Bonchev–Trinajstić information content (AvgIpc) is 2.77. The fourth-order valence-corrected chi connectivity index (χ4v) is 2.75. The Morgan fingerprint density at radius 3 is 2.79 bits per heavy atom. The normalized spacial score (nSPS) is 15.9. The molecule has 1 N–H and O–H groups in total. The molecule has 10 heteroatoms. The van der Waals surface area contributed by atoms with E-state index in [1.165, 1.54) is 18.2 Å². The fraction of sp³-hybridized carbons (Fsp3) is 0.214. The number of hydrogen-bond donors (Lipinski definition) is 1. The quantitative estimate of drug-likeness (QED) is 0.368. The lowest BCUT2D eigenvalue weighted by molar-refractivity contribution is -0.385. The van der Waals surface area contributed by atoms with Crippen LogP contribution in [0.5, 0.6) is 5.75 Å². The van der Waals surface area contributed by atoms with E-state index >= 15 is 0 Å². The van der Waals surface area contributed by atoms with Crippen LogP contribution in [0.1, 0.15) is 12.5 Å². The molecular formula is C14H12N2O7S. The van der Waals surface area contributed by atoms with Gasteiger partial charge in [-0.25, -0.2) is 0 Å². The van der Waals surface area contributed by atoms with Gasteiger partial charge in [0.2, 0.25) is 5.75 Å². The van der Waals surface area contributed by atoms with Crippen LogP contribution in [0.25, 0.3) is 6.08 Å². The van der Waals surface area contributed by atoms with Crippen molar-refractivity contribution in [3.63, 3.8) is 0 Å². The zero-order valence-electron chi connectivity index (χ0n) is 12.4. The van der Waals surface area contributed by atoms with E-state index in [1.54, 1.807) is 6.92 Å². The number of phenolic OH excluding ortho intramolecular Hbond substituents is 1. The Balaban J connectivity index is 2.28. The highest BCUT2D eigenvalue weighted by Crippen LogP contribution is 2.36. The van der Waals surface area contributed by atoms with E-state index in [0.29, 0.717) is 16.7 Å². The van der Waals surface area contributed by atoms with Crippen molar-refractivity contribution >= 4 is 40.6 Å². The summed E-state index contributed by atoms with van der Waals surface area (Å²) in [6.45, 7) is 1.19. The van der Waals surface area contributed by atoms with Gasteiger partial charge in [-0.15, -0.1) is 0 Å². The van der Waals surface area contributed by atoms with Crippen LogP contribution < -0.4 is 0 Å². The van der Waals surface area contributed by atoms with Gasteiger partial charge in [-0.1, -0.05) is 12.1 Å². The van der Waals surface area contributed by atoms with Gasteiger partial charge in [0.25, 0.3) is 11.1 Å². The number of ether oxygens (including phenoxy) is 1. The number of aromatic hydroxyl groups is 1. The number of hydrogen-bond acceptors (Lipinski definition) is 8. The van der Waals surface area contributed by atoms with Gasteiger partial charge in [-0.05, 0) is 24.8 Å². The third kappa shape index (κ3) is 3.54. The topological polar surface area (TPSA) is 127 Å². The predicted molar refractivity (Wildman–Crippen MR) is 84.1 cm³/mol. The Kier molecular flexibility index (Phi) is 5.19. The summed E-state index contributed by atoms with van der Waals surface area (Å²) < 4.78 is 4.69. The van der Waals surface area contributed by atoms with E-state index in [0.717, 1.165) is 6.07 Å². The molecule has 1 aliphatic heterocycles. The molecule has 0 bridgehead atoms. The summed E-state index contributed by atoms with van der Waals surface area (Å²) in [7, 11) is 0. The number of carbonyl (C=O) groups is 3. The molecule has 1 fully saturated rings. The van der Waals surface area contributed by atoms with E-state index < -0.39 is 40.0 Å². The summed E-state index contributed by atoms with van der Waals surface area (Å²) in [6.07, 6.45) is 1.17. The van der Waals surface area contributed by atoms with Crippen LogP contribution in [-0.4, -0.2) is 45.2 Å². The molecule has 2 amide bonds. The molecule has 0 saturated carbocycles. The number of rotatable bonds is 5. The van der Waals surface area contributed by atoms with Gasteiger partial charge >= 0.3 is 11.7 Å². The number of esters is 1. The van der Waals surface area contributed by atoms with E-state index in [2.05, 4.69) is 4.74 Å². The Morgan fingerprint density at radius 1 is 1.46 bits per heavy atom. The number of benzene rings is 1. The number of nitro benzene ring substituents is 1. The van der Waals surface area contributed by atoms with Gasteiger partial charge in [0, 0.05) is 11.6 Å². The third-order valence-corrected chi connectivity index (χ3v) is 3.90. The van der Waals surface area contributed by atoms with Crippen molar-refractivity contribution in [2.24, 2.45) is 0 Å². The summed E-state index contributed by atoms with van der Waals surface area (Å²) in [5.74, 6) is -2.07. The van der Waals surface area contributed by atoms with Gasteiger partial charge in [-0.3, -0.25) is 29.4 Å². The molecule has 1 saturated heterocycles. The Morgan fingerprint density at radius 2 is 2.17 bits per heavy atom. The van der Waals surface area contributed by atoms with E-state index in [4.69, 9.17) is 0 Å². The minimum absolute atomic E-state index is 0.0193. The molecule has 1 aliphatic rings. The number of imide groups is 1. The van der Waals surface area contributed by atoms with Crippen molar-refractivity contribution in [3.8, 4) is 5.75 Å². The van der Waals surface area contributed by atoms with Crippen LogP contribution in [0, 0.1) is 10.1 Å². The highest BCUT2D eigenvalue weighted by atomic mass is 32.2. The third-order valence-electron chi connectivity index (χ3n) is 3.00. The molecule has 126 valence electrons. The second-order valence-corrected chi connectivity index (χ2v) is 5.54. The minimum atomic E-state index is -0.765. The SMILES string of the molecule is CCOC(=O)CN1C(=O)SC(=Cc2cccc([N+](=O)[O-])c2O)C1=O. The van der Waals surface area contributed by atoms with E-state index in [9.17, 15) is 29.6 Å². The first kappa shape index (κ1) is 17.5. The molecule has 0 radical (unpaired) electrons. The summed E-state index contributed by atoms with van der Waals surface area (Å²) in [4.78, 5) is 46.1. The number of para-hydroxylation sites is 1. The highest BCUT2D eigenvalue weighted by Gasteiger charge is 2.37. The summed E-state index contributed by atoms with van der Waals surface area (Å²) >= 11 is 0.569. The van der Waals surface area contributed by atoms with Gasteiger partial charge in [0.05, 0.1) is 16.4 Å². The fourth-order valence-electron chi connectivity index (χ4n) is 1.93. The number of nitrogens with zero attached hydrogens (tertiary/aromatic N) is 2. The molecule has 24 heavy (non-hydrogen) atoms. The first-order valence-corrected chi connectivity index (χ1v) is 7.54. The first-order valence-electron chi connectivity index (χ1n) is 6.72. The largest absolute Gasteiger partial charge is 0.502 e. The minimum Gasteiger partial charge on any atom is -0.502 e. The molecule has 9 nitrogen and oxygen atoms in total. The molecular weight excluding hydrogens is 340 g/mol.